The van der Waals surface area contributed by atoms with Crippen molar-refractivity contribution >= 4 is 33.2 Å². The Labute approximate surface area is 127 Å². The van der Waals surface area contributed by atoms with Crippen LogP contribution in [0.3, 0.4) is 0 Å². The highest BCUT2D eigenvalue weighted by Crippen LogP contribution is 2.24. The summed E-state index contributed by atoms with van der Waals surface area (Å²) in [7, 11) is 0. The lowest BCUT2D eigenvalue weighted by Gasteiger charge is -2.12. The standard InChI is InChI=1S/C16H17BrN2O/c1-3-18-15-10-11(2)8-9-12(15)16(20)19-14-7-5-4-6-13(14)17/h4-10,18H,3H2,1-2H3,(H,19,20). The molecule has 4 heteroatoms. The van der Waals surface area contributed by atoms with Gasteiger partial charge in [-0.15, -0.1) is 0 Å². The number of carbonyl (C=O) groups is 1. The third kappa shape index (κ3) is 3.39. The lowest BCUT2D eigenvalue weighted by Crippen LogP contribution is -2.15. The summed E-state index contributed by atoms with van der Waals surface area (Å²) in [5, 5.41) is 6.14. The SMILES string of the molecule is CCNc1cc(C)ccc1C(=O)Nc1ccccc1Br. The molecule has 2 aromatic carbocycles. The van der Waals surface area contributed by atoms with Crippen LogP contribution in [0, 0.1) is 6.92 Å². The molecule has 0 unspecified atom stereocenters. The number of carbonyl (C=O) groups excluding carboxylic acids is 1. The largest absolute Gasteiger partial charge is 0.385 e. The zero-order valence-corrected chi connectivity index (χ0v) is 13.1. The van der Waals surface area contributed by atoms with E-state index < -0.39 is 0 Å². The number of nitrogens with one attached hydrogen (secondary N) is 2. The number of para-hydroxylation sites is 1. The van der Waals surface area contributed by atoms with Crippen LogP contribution < -0.4 is 10.6 Å². The van der Waals surface area contributed by atoms with Crippen molar-refractivity contribution in [3.63, 3.8) is 0 Å². The maximum Gasteiger partial charge on any atom is 0.257 e. The Bertz CT molecular complexity index is 626. The van der Waals surface area contributed by atoms with Crippen molar-refractivity contribution in [2.75, 3.05) is 17.2 Å². The van der Waals surface area contributed by atoms with Crippen molar-refractivity contribution in [2.45, 2.75) is 13.8 Å². The number of halogens is 1. The highest BCUT2D eigenvalue weighted by molar-refractivity contribution is 9.10. The fourth-order valence-corrected chi connectivity index (χ4v) is 2.33. The maximum absolute atomic E-state index is 12.4. The smallest absolute Gasteiger partial charge is 0.257 e. The Kier molecular flexibility index (Phi) is 4.79. The van der Waals surface area contributed by atoms with Crippen LogP contribution in [0.5, 0.6) is 0 Å². The van der Waals surface area contributed by atoms with Crippen LogP contribution in [-0.2, 0) is 0 Å². The molecule has 2 aromatic rings. The van der Waals surface area contributed by atoms with Crippen LogP contribution in [0.25, 0.3) is 0 Å². The first-order chi connectivity index (χ1) is 9.61. The summed E-state index contributed by atoms with van der Waals surface area (Å²) in [5.74, 6) is -0.118. The molecule has 0 atom stereocenters. The van der Waals surface area contributed by atoms with Gasteiger partial charge in [-0.3, -0.25) is 4.79 Å². The molecule has 0 radical (unpaired) electrons. The summed E-state index contributed by atoms with van der Waals surface area (Å²) < 4.78 is 0.866. The topological polar surface area (TPSA) is 41.1 Å². The van der Waals surface area contributed by atoms with Crippen molar-refractivity contribution in [3.05, 3.63) is 58.1 Å². The van der Waals surface area contributed by atoms with Crippen LogP contribution in [0.1, 0.15) is 22.8 Å². The van der Waals surface area contributed by atoms with Crippen LogP contribution in [0.4, 0.5) is 11.4 Å². The van der Waals surface area contributed by atoms with Crippen molar-refractivity contribution in [2.24, 2.45) is 0 Å². The average Bonchev–Trinajstić information content (AvgIpc) is 2.42. The van der Waals surface area contributed by atoms with Crippen LogP contribution in [0.2, 0.25) is 0 Å². The molecular weight excluding hydrogens is 316 g/mol. The van der Waals surface area contributed by atoms with Crippen LogP contribution in [0.15, 0.2) is 46.9 Å². The van der Waals surface area contributed by atoms with Crippen molar-refractivity contribution < 1.29 is 4.79 Å². The summed E-state index contributed by atoms with van der Waals surface area (Å²) in [6.07, 6.45) is 0. The quantitative estimate of drug-likeness (QED) is 0.868. The molecule has 0 aliphatic rings. The number of hydrogen-bond acceptors (Lipinski definition) is 2. The van der Waals surface area contributed by atoms with E-state index in [0.717, 1.165) is 28.0 Å². The Morgan fingerprint density at radius 3 is 2.60 bits per heavy atom. The monoisotopic (exact) mass is 332 g/mol. The summed E-state index contributed by atoms with van der Waals surface area (Å²) >= 11 is 3.43. The van der Waals surface area contributed by atoms with Gasteiger partial charge in [0.15, 0.2) is 0 Å². The van der Waals surface area contributed by atoms with E-state index >= 15 is 0 Å². The summed E-state index contributed by atoms with van der Waals surface area (Å²) in [6, 6.07) is 13.3. The highest BCUT2D eigenvalue weighted by Gasteiger charge is 2.12. The number of rotatable bonds is 4. The molecular formula is C16H17BrN2O. The minimum absolute atomic E-state index is 0.118. The van der Waals surface area contributed by atoms with Gasteiger partial charge in [0.1, 0.15) is 0 Å². The molecule has 20 heavy (non-hydrogen) atoms. The first-order valence-corrected chi connectivity index (χ1v) is 7.31. The number of amides is 1. The molecule has 2 N–H and O–H groups in total. The van der Waals surface area contributed by atoms with Gasteiger partial charge in [0.25, 0.3) is 5.91 Å². The predicted octanol–water partition coefficient (Wildman–Crippen LogP) is 4.44. The second-order valence-corrected chi connectivity index (χ2v) is 5.37. The zero-order chi connectivity index (χ0) is 14.5. The molecule has 0 bridgehead atoms. The second-order valence-electron chi connectivity index (χ2n) is 4.51. The van der Waals surface area contributed by atoms with E-state index in [1.54, 1.807) is 0 Å². The van der Waals surface area contributed by atoms with E-state index in [-0.39, 0.29) is 5.91 Å². The fraction of sp³-hybridized carbons (Fsp3) is 0.188. The van der Waals surface area contributed by atoms with E-state index in [1.165, 1.54) is 0 Å². The number of benzene rings is 2. The van der Waals surface area contributed by atoms with Gasteiger partial charge in [-0.05, 0) is 59.6 Å². The summed E-state index contributed by atoms with van der Waals surface area (Å²) in [5.41, 5.74) is 3.39. The van der Waals surface area contributed by atoms with Gasteiger partial charge < -0.3 is 10.6 Å². The third-order valence-corrected chi connectivity index (χ3v) is 3.60. The summed E-state index contributed by atoms with van der Waals surface area (Å²) in [6.45, 7) is 4.80. The van der Waals surface area contributed by atoms with Crippen molar-refractivity contribution in [1.29, 1.82) is 0 Å². The van der Waals surface area contributed by atoms with Crippen LogP contribution in [-0.4, -0.2) is 12.5 Å². The lowest BCUT2D eigenvalue weighted by atomic mass is 10.1. The Balaban J connectivity index is 2.27. The van der Waals surface area contributed by atoms with E-state index in [0.29, 0.717) is 5.56 Å². The van der Waals surface area contributed by atoms with Gasteiger partial charge in [0.05, 0.1) is 11.3 Å². The third-order valence-electron chi connectivity index (χ3n) is 2.91. The summed E-state index contributed by atoms with van der Waals surface area (Å²) in [4.78, 5) is 12.4. The number of aryl methyl sites for hydroxylation is 1. The lowest BCUT2D eigenvalue weighted by molar-refractivity contribution is 0.102. The molecule has 0 spiro atoms. The Morgan fingerprint density at radius 1 is 1.15 bits per heavy atom. The van der Waals surface area contributed by atoms with Crippen molar-refractivity contribution in [3.8, 4) is 0 Å². The molecule has 1 amide bonds. The average molecular weight is 333 g/mol. The molecule has 2 rings (SSSR count). The molecule has 3 nitrogen and oxygen atoms in total. The van der Waals surface area contributed by atoms with Gasteiger partial charge >= 0.3 is 0 Å². The fourth-order valence-electron chi connectivity index (χ4n) is 1.95. The van der Waals surface area contributed by atoms with E-state index in [2.05, 4.69) is 26.6 Å². The predicted molar refractivity (Wildman–Crippen MR) is 87.4 cm³/mol. The molecule has 0 aliphatic heterocycles. The second kappa shape index (κ2) is 6.57. The normalized spacial score (nSPS) is 10.2. The minimum Gasteiger partial charge on any atom is -0.385 e. The Hall–Kier alpha value is -1.81. The van der Waals surface area contributed by atoms with Crippen LogP contribution >= 0.6 is 15.9 Å². The van der Waals surface area contributed by atoms with Crippen molar-refractivity contribution in [1.82, 2.24) is 0 Å². The number of hydrogen-bond donors (Lipinski definition) is 2. The zero-order valence-electron chi connectivity index (χ0n) is 11.5. The molecule has 0 heterocycles. The van der Waals surface area contributed by atoms with E-state index in [9.17, 15) is 4.79 Å². The van der Waals surface area contributed by atoms with E-state index in [4.69, 9.17) is 0 Å². The minimum atomic E-state index is -0.118. The maximum atomic E-state index is 12.4. The molecule has 0 fully saturated rings. The Morgan fingerprint density at radius 2 is 1.90 bits per heavy atom. The first-order valence-electron chi connectivity index (χ1n) is 6.52. The van der Waals surface area contributed by atoms with Gasteiger partial charge in [-0.25, -0.2) is 0 Å². The van der Waals surface area contributed by atoms with Gasteiger partial charge in [-0.2, -0.15) is 0 Å². The molecule has 0 saturated heterocycles. The molecule has 0 aromatic heterocycles. The molecule has 0 saturated carbocycles. The number of anilines is 2. The van der Waals surface area contributed by atoms with E-state index in [1.807, 2.05) is 56.3 Å². The first kappa shape index (κ1) is 14.6. The molecule has 0 aliphatic carbocycles. The molecule has 104 valence electrons. The van der Waals surface area contributed by atoms with Gasteiger partial charge in [-0.1, -0.05) is 18.2 Å². The highest BCUT2D eigenvalue weighted by atomic mass is 79.9. The van der Waals surface area contributed by atoms with Gasteiger partial charge in [0, 0.05) is 16.7 Å². The van der Waals surface area contributed by atoms with Gasteiger partial charge in [0.2, 0.25) is 0 Å².